The second-order valence-corrected chi connectivity index (χ2v) is 9.86. The first kappa shape index (κ1) is 38.4. The Bertz CT molecular complexity index is 1770. The molecular formula is C45H32. The van der Waals surface area contributed by atoms with Crippen LogP contribution < -0.4 is 0 Å². The van der Waals surface area contributed by atoms with Gasteiger partial charge in [0.2, 0.25) is 0 Å². The molecule has 0 amide bonds. The third kappa shape index (κ3) is 20.0. The fourth-order valence-corrected chi connectivity index (χ4v) is 4.86. The molecule has 0 fully saturated rings. The Morgan fingerprint density at radius 2 is 0.778 bits per heavy atom. The molecule has 0 aromatic heterocycles. The van der Waals surface area contributed by atoms with E-state index in [0.717, 1.165) is 19.3 Å². The van der Waals surface area contributed by atoms with E-state index in [1.54, 1.807) is 0 Å². The topological polar surface area (TPSA) is 0 Å². The summed E-state index contributed by atoms with van der Waals surface area (Å²) in [5, 5.41) is 0. The van der Waals surface area contributed by atoms with Gasteiger partial charge in [-0.05, 0) is 150 Å². The molecule has 0 aromatic rings. The molecule has 0 aliphatic carbocycles. The maximum Gasteiger partial charge on any atom is 0.0328 e. The van der Waals surface area contributed by atoms with E-state index in [2.05, 4.69) is 156 Å². The molecule has 0 saturated carbocycles. The summed E-state index contributed by atoms with van der Waals surface area (Å²) < 4.78 is 0. The number of hydrogen-bond donors (Lipinski definition) is 0. The van der Waals surface area contributed by atoms with E-state index in [1.807, 2.05) is 0 Å². The summed E-state index contributed by atoms with van der Waals surface area (Å²) in [6, 6.07) is 0. The highest BCUT2D eigenvalue weighted by atomic mass is 14.4. The smallest absolute Gasteiger partial charge is 0.0328 e. The highest BCUT2D eigenvalue weighted by molar-refractivity contribution is 5.36. The van der Waals surface area contributed by atoms with Gasteiger partial charge in [-0.15, -0.1) is 38.5 Å². The number of hydrogen-bond acceptors (Lipinski definition) is 0. The Hall–Kier alpha value is -6.60. The second kappa shape index (κ2) is 26.3. The lowest BCUT2D eigenvalue weighted by Crippen LogP contribution is -2.31. The molecule has 0 aliphatic heterocycles. The molecule has 4 unspecified atom stereocenters. The first-order chi connectivity index (χ1) is 21.9. The lowest BCUT2D eigenvalue weighted by molar-refractivity contribution is 0.119. The van der Waals surface area contributed by atoms with Crippen LogP contribution in [0, 0.1) is 210 Å². The molecule has 0 nitrogen and oxygen atoms in total. The largest absolute Gasteiger partial charge is 0.106 e. The molecule has 4 atom stereocenters. The molecule has 0 aromatic carbocycles. The van der Waals surface area contributed by atoms with Gasteiger partial charge in [0.15, 0.2) is 0 Å². The van der Waals surface area contributed by atoms with Gasteiger partial charge in [-0.2, -0.15) is 0 Å². The standard InChI is InChI=1S/C45H32/c1-9-16-22-25-28-31-41(8)37-45(38-42(15-7)32-19-12-4,39-43(33-20-13-5)35-29-26-23-17-10-2)40-44(34-21-14-6)36-30-27-24-18-11-3/h1-6,41-44H,15,31,35-40H2,7-8H3. The quantitative estimate of drug-likeness (QED) is 0.274. The van der Waals surface area contributed by atoms with Crippen molar-refractivity contribution in [3.05, 3.63) is 0 Å². The van der Waals surface area contributed by atoms with Crippen LogP contribution in [-0.2, 0) is 0 Å². The molecule has 0 radical (unpaired) electrons. The van der Waals surface area contributed by atoms with Crippen molar-refractivity contribution in [1.82, 2.24) is 0 Å². The molecule has 0 saturated heterocycles. The van der Waals surface area contributed by atoms with Crippen LogP contribution in [0.15, 0.2) is 0 Å². The highest BCUT2D eigenvalue weighted by Crippen LogP contribution is 2.46. The predicted octanol–water partition coefficient (Wildman–Crippen LogP) is 5.43. The van der Waals surface area contributed by atoms with E-state index >= 15 is 0 Å². The van der Waals surface area contributed by atoms with Crippen molar-refractivity contribution >= 4 is 0 Å². The van der Waals surface area contributed by atoms with Gasteiger partial charge in [0.05, 0.1) is 0 Å². The number of rotatable bonds is 12. The van der Waals surface area contributed by atoms with Crippen LogP contribution in [0.5, 0.6) is 0 Å². The zero-order valence-corrected chi connectivity index (χ0v) is 25.9. The Morgan fingerprint density at radius 3 is 1.16 bits per heavy atom. The normalized spacial score (nSPS) is 11.5. The van der Waals surface area contributed by atoms with Crippen molar-refractivity contribution < 1.29 is 0 Å². The maximum absolute atomic E-state index is 5.53. The van der Waals surface area contributed by atoms with E-state index < -0.39 is 0 Å². The third-order valence-electron chi connectivity index (χ3n) is 6.36. The summed E-state index contributed by atoms with van der Waals surface area (Å²) in [5.74, 6) is 65.4. The van der Waals surface area contributed by atoms with Crippen LogP contribution in [0.2, 0.25) is 0 Å². The fraction of sp³-hybridized carbons (Fsp3) is 0.333. The molecule has 0 heteroatoms. The van der Waals surface area contributed by atoms with Crippen LogP contribution in [0.25, 0.3) is 0 Å². The van der Waals surface area contributed by atoms with Crippen molar-refractivity contribution in [2.75, 3.05) is 0 Å². The minimum atomic E-state index is -0.351. The first-order valence-electron chi connectivity index (χ1n) is 14.1. The van der Waals surface area contributed by atoms with Gasteiger partial charge < -0.3 is 0 Å². The maximum atomic E-state index is 5.53. The summed E-state index contributed by atoms with van der Waals surface area (Å²) >= 11 is 0. The van der Waals surface area contributed by atoms with Gasteiger partial charge >= 0.3 is 0 Å². The molecule has 0 N–H and O–H groups in total. The Labute approximate surface area is 274 Å². The van der Waals surface area contributed by atoms with E-state index in [-0.39, 0.29) is 29.1 Å². The Kier molecular flexibility index (Phi) is 22.4. The predicted molar refractivity (Wildman–Crippen MR) is 188 cm³/mol. The van der Waals surface area contributed by atoms with E-state index in [1.165, 1.54) is 0 Å². The molecule has 0 spiro atoms. The van der Waals surface area contributed by atoms with Gasteiger partial charge in [-0.1, -0.05) is 49.4 Å². The molecule has 0 bridgehead atoms. The summed E-state index contributed by atoms with van der Waals surface area (Å²) in [6.07, 6.45) is 37.3. The molecule has 212 valence electrons. The van der Waals surface area contributed by atoms with Gasteiger partial charge in [0.1, 0.15) is 0 Å². The monoisotopic (exact) mass is 572 g/mol. The van der Waals surface area contributed by atoms with Crippen molar-refractivity contribution in [2.45, 2.75) is 65.2 Å². The van der Waals surface area contributed by atoms with Crippen LogP contribution in [0.4, 0.5) is 0 Å². The first-order valence-corrected chi connectivity index (χ1v) is 14.1. The summed E-state index contributed by atoms with van der Waals surface area (Å²) in [5.41, 5.74) is -0.351. The average molecular weight is 573 g/mol. The third-order valence-corrected chi connectivity index (χ3v) is 6.36. The lowest BCUT2D eigenvalue weighted by atomic mass is 9.63. The average Bonchev–Trinajstić information content (AvgIpc) is 3.03. The van der Waals surface area contributed by atoms with E-state index in [4.69, 9.17) is 38.5 Å². The van der Waals surface area contributed by atoms with E-state index in [9.17, 15) is 0 Å². The zero-order chi connectivity index (χ0) is 33.4. The fourth-order valence-electron chi connectivity index (χ4n) is 4.86. The van der Waals surface area contributed by atoms with Crippen LogP contribution in [-0.4, -0.2) is 0 Å². The minimum absolute atomic E-state index is 0.0171. The van der Waals surface area contributed by atoms with E-state index in [0.29, 0.717) is 32.1 Å². The van der Waals surface area contributed by atoms with Crippen molar-refractivity contribution in [1.29, 1.82) is 0 Å². The second-order valence-electron chi connectivity index (χ2n) is 9.86. The zero-order valence-electron chi connectivity index (χ0n) is 25.9. The van der Waals surface area contributed by atoms with Gasteiger partial charge in [-0.25, -0.2) is 0 Å². The molecule has 0 rings (SSSR count). The van der Waals surface area contributed by atoms with Crippen molar-refractivity contribution in [3.63, 3.8) is 0 Å². The van der Waals surface area contributed by atoms with Gasteiger partial charge in [-0.3, -0.25) is 0 Å². The van der Waals surface area contributed by atoms with Crippen LogP contribution in [0.1, 0.15) is 65.2 Å². The molecule has 0 heterocycles. The van der Waals surface area contributed by atoms with Crippen molar-refractivity contribution in [2.24, 2.45) is 29.1 Å². The number of terminal acetylenes is 6. The van der Waals surface area contributed by atoms with Gasteiger partial charge in [0.25, 0.3) is 0 Å². The SMILES string of the molecule is C#CC#CC#CCC(C)CC(CC(C#CC#C)CC)(CC(C#CC#C)CC#CC#CC#C)CC(C#CC#C)CC#CC#CC#C. The Balaban J connectivity index is 7.20. The van der Waals surface area contributed by atoms with Gasteiger partial charge in [0, 0.05) is 37.0 Å². The molecule has 0 aliphatic rings. The minimum Gasteiger partial charge on any atom is -0.106 e. The molecule has 45 heavy (non-hydrogen) atoms. The van der Waals surface area contributed by atoms with Crippen LogP contribution in [0.3, 0.4) is 0 Å². The van der Waals surface area contributed by atoms with Crippen molar-refractivity contribution in [3.8, 4) is 181 Å². The Morgan fingerprint density at radius 1 is 0.422 bits per heavy atom. The van der Waals surface area contributed by atoms with Crippen LogP contribution >= 0.6 is 0 Å². The molecular weight excluding hydrogens is 540 g/mol. The highest BCUT2D eigenvalue weighted by Gasteiger charge is 2.37. The summed E-state index contributed by atoms with van der Waals surface area (Å²) in [7, 11) is 0. The summed E-state index contributed by atoms with van der Waals surface area (Å²) in [6.45, 7) is 4.25. The lowest BCUT2D eigenvalue weighted by Gasteiger charge is -2.40. The summed E-state index contributed by atoms with van der Waals surface area (Å²) in [4.78, 5) is 0.